The third-order valence-corrected chi connectivity index (χ3v) is 2.68. The fraction of sp³-hybridized carbons (Fsp3) is 0.889. The van der Waals surface area contributed by atoms with Crippen LogP contribution in [-0.4, -0.2) is 36.0 Å². The lowest BCUT2D eigenvalue weighted by molar-refractivity contribution is -0.127. The number of amides is 1. The standard InChI is InChI=1S/C9H16N2O/c1-7(12)11-5-4-9(6-11)10-8-2-3-8/h8-10H,2-6H2,1H3. The van der Waals surface area contributed by atoms with E-state index in [1.807, 2.05) is 4.90 Å². The summed E-state index contributed by atoms with van der Waals surface area (Å²) in [6.45, 7) is 3.52. The Bertz CT molecular complexity index is 189. The van der Waals surface area contributed by atoms with Gasteiger partial charge in [0.25, 0.3) is 0 Å². The molecule has 0 bridgehead atoms. The number of carbonyl (C=O) groups excluding carboxylic acids is 1. The average molecular weight is 168 g/mol. The molecule has 1 atom stereocenters. The van der Waals surface area contributed by atoms with Gasteiger partial charge in [-0.25, -0.2) is 0 Å². The van der Waals surface area contributed by atoms with Crippen molar-refractivity contribution >= 4 is 5.91 Å². The lowest BCUT2D eigenvalue weighted by Crippen LogP contribution is -2.35. The molecule has 1 unspecified atom stereocenters. The second-order valence-corrected chi connectivity index (χ2v) is 3.89. The highest BCUT2D eigenvalue weighted by molar-refractivity contribution is 5.73. The summed E-state index contributed by atoms with van der Waals surface area (Å²) in [6, 6.07) is 1.34. The van der Waals surface area contributed by atoms with Gasteiger partial charge in [0.15, 0.2) is 0 Å². The maximum atomic E-state index is 11.0. The van der Waals surface area contributed by atoms with Gasteiger partial charge in [-0.3, -0.25) is 4.79 Å². The molecule has 1 saturated carbocycles. The Morgan fingerprint density at radius 1 is 1.33 bits per heavy atom. The van der Waals surface area contributed by atoms with Crippen molar-refractivity contribution in [3.05, 3.63) is 0 Å². The fourth-order valence-corrected chi connectivity index (χ4v) is 1.77. The summed E-state index contributed by atoms with van der Waals surface area (Å²) in [5.74, 6) is 0.218. The van der Waals surface area contributed by atoms with Gasteiger partial charge in [0, 0.05) is 32.1 Å². The van der Waals surface area contributed by atoms with Gasteiger partial charge in [0.1, 0.15) is 0 Å². The molecule has 12 heavy (non-hydrogen) atoms. The number of hydrogen-bond acceptors (Lipinski definition) is 2. The summed E-state index contributed by atoms with van der Waals surface area (Å²) in [6.07, 6.45) is 3.79. The van der Waals surface area contributed by atoms with Crippen molar-refractivity contribution in [3.63, 3.8) is 0 Å². The Balaban J connectivity index is 1.76. The molecule has 2 rings (SSSR count). The Labute approximate surface area is 73.1 Å². The number of nitrogens with one attached hydrogen (secondary N) is 1. The van der Waals surface area contributed by atoms with Crippen LogP contribution < -0.4 is 5.32 Å². The molecule has 2 aliphatic rings. The summed E-state index contributed by atoms with van der Waals surface area (Å²) < 4.78 is 0. The number of carbonyl (C=O) groups is 1. The summed E-state index contributed by atoms with van der Waals surface area (Å²) in [5, 5.41) is 3.54. The van der Waals surface area contributed by atoms with E-state index in [-0.39, 0.29) is 5.91 Å². The first-order chi connectivity index (χ1) is 5.75. The van der Waals surface area contributed by atoms with Crippen LogP contribution in [0, 0.1) is 0 Å². The molecule has 1 amide bonds. The first kappa shape index (κ1) is 8.05. The van der Waals surface area contributed by atoms with Gasteiger partial charge in [-0.05, 0) is 19.3 Å². The topological polar surface area (TPSA) is 32.3 Å². The molecular formula is C9H16N2O. The fourth-order valence-electron chi connectivity index (χ4n) is 1.77. The quantitative estimate of drug-likeness (QED) is 0.645. The van der Waals surface area contributed by atoms with Crippen molar-refractivity contribution < 1.29 is 4.79 Å². The Morgan fingerprint density at radius 2 is 2.08 bits per heavy atom. The van der Waals surface area contributed by atoms with Crippen LogP contribution >= 0.6 is 0 Å². The zero-order chi connectivity index (χ0) is 8.55. The average Bonchev–Trinajstić information content (AvgIpc) is 2.66. The number of nitrogens with zero attached hydrogens (tertiary/aromatic N) is 1. The molecule has 3 heteroatoms. The normalized spacial score (nSPS) is 29.4. The molecule has 0 radical (unpaired) electrons. The van der Waals surface area contributed by atoms with Crippen LogP contribution in [0.4, 0.5) is 0 Å². The molecule has 1 heterocycles. The lowest BCUT2D eigenvalue weighted by Gasteiger charge is -2.14. The molecule has 1 aliphatic heterocycles. The van der Waals surface area contributed by atoms with E-state index in [2.05, 4.69) is 5.32 Å². The molecule has 1 saturated heterocycles. The van der Waals surface area contributed by atoms with E-state index in [9.17, 15) is 4.79 Å². The van der Waals surface area contributed by atoms with Crippen LogP contribution in [0.5, 0.6) is 0 Å². The predicted octanol–water partition coefficient (Wildman–Crippen LogP) is 0.359. The van der Waals surface area contributed by atoms with Crippen LogP contribution in [-0.2, 0) is 4.79 Å². The third-order valence-electron chi connectivity index (χ3n) is 2.68. The van der Waals surface area contributed by atoms with Crippen LogP contribution in [0.25, 0.3) is 0 Å². The SMILES string of the molecule is CC(=O)N1CCC(NC2CC2)C1. The smallest absolute Gasteiger partial charge is 0.219 e. The van der Waals surface area contributed by atoms with Crippen molar-refractivity contribution in [2.75, 3.05) is 13.1 Å². The van der Waals surface area contributed by atoms with Gasteiger partial charge in [-0.1, -0.05) is 0 Å². The molecule has 3 nitrogen and oxygen atoms in total. The molecule has 1 N–H and O–H groups in total. The minimum absolute atomic E-state index is 0.218. The van der Waals surface area contributed by atoms with Gasteiger partial charge in [-0.2, -0.15) is 0 Å². The maximum absolute atomic E-state index is 11.0. The largest absolute Gasteiger partial charge is 0.341 e. The van der Waals surface area contributed by atoms with Crippen LogP contribution in [0.1, 0.15) is 26.2 Å². The van der Waals surface area contributed by atoms with E-state index in [0.717, 1.165) is 25.6 Å². The molecule has 0 spiro atoms. The van der Waals surface area contributed by atoms with Crippen molar-refractivity contribution in [2.45, 2.75) is 38.3 Å². The van der Waals surface area contributed by atoms with E-state index < -0.39 is 0 Å². The second-order valence-electron chi connectivity index (χ2n) is 3.89. The Morgan fingerprint density at radius 3 is 2.58 bits per heavy atom. The molecule has 1 aliphatic carbocycles. The van der Waals surface area contributed by atoms with Gasteiger partial charge in [-0.15, -0.1) is 0 Å². The van der Waals surface area contributed by atoms with Gasteiger partial charge in [0.2, 0.25) is 5.91 Å². The summed E-state index contributed by atoms with van der Waals surface area (Å²) in [7, 11) is 0. The summed E-state index contributed by atoms with van der Waals surface area (Å²) in [5.41, 5.74) is 0. The summed E-state index contributed by atoms with van der Waals surface area (Å²) in [4.78, 5) is 12.9. The van der Waals surface area contributed by atoms with E-state index in [4.69, 9.17) is 0 Å². The minimum Gasteiger partial charge on any atom is -0.341 e. The zero-order valence-corrected chi connectivity index (χ0v) is 7.55. The monoisotopic (exact) mass is 168 g/mol. The second kappa shape index (κ2) is 3.05. The summed E-state index contributed by atoms with van der Waals surface area (Å²) >= 11 is 0. The molecule has 0 aromatic carbocycles. The van der Waals surface area contributed by atoms with Crippen molar-refractivity contribution in [2.24, 2.45) is 0 Å². The van der Waals surface area contributed by atoms with Gasteiger partial charge in [0.05, 0.1) is 0 Å². The molecular weight excluding hydrogens is 152 g/mol. The van der Waals surface area contributed by atoms with Crippen molar-refractivity contribution in [1.29, 1.82) is 0 Å². The van der Waals surface area contributed by atoms with Crippen molar-refractivity contribution in [3.8, 4) is 0 Å². The van der Waals surface area contributed by atoms with E-state index >= 15 is 0 Å². The van der Waals surface area contributed by atoms with Gasteiger partial charge < -0.3 is 10.2 Å². The Hall–Kier alpha value is -0.570. The van der Waals surface area contributed by atoms with Crippen LogP contribution in [0.15, 0.2) is 0 Å². The highest BCUT2D eigenvalue weighted by atomic mass is 16.2. The first-order valence-corrected chi connectivity index (χ1v) is 4.77. The number of hydrogen-bond donors (Lipinski definition) is 1. The molecule has 0 aromatic heterocycles. The number of rotatable bonds is 2. The molecule has 0 aromatic rings. The molecule has 68 valence electrons. The molecule has 2 fully saturated rings. The number of likely N-dealkylation sites (tertiary alicyclic amines) is 1. The lowest BCUT2D eigenvalue weighted by atomic mass is 10.2. The predicted molar refractivity (Wildman–Crippen MR) is 46.8 cm³/mol. The first-order valence-electron chi connectivity index (χ1n) is 4.77. The van der Waals surface area contributed by atoms with Crippen LogP contribution in [0.2, 0.25) is 0 Å². The third kappa shape index (κ3) is 1.78. The van der Waals surface area contributed by atoms with Crippen LogP contribution in [0.3, 0.4) is 0 Å². The highest BCUT2D eigenvalue weighted by Gasteiger charge is 2.29. The zero-order valence-electron chi connectivity index (χ0n) is 7.55. The highest BCUT2D eigenvalue weighted by Crippen LogP contribution is 2.21. The Kier molecular flexibility index (Phi) is 2.05. The van der Waals surface area contributed by atoms with E-state index in [0.29, 0.717) is 6.04 Å². The van der Waals surface area contributed by atoms with E-state index in [1.54, 1.807) is 6.92 Å². The van der Waals surface area contributed by atoms with E-state index in [1.165, 1.54) is 12.8 Å². The van der Waals surface area contributed by atoms with Gasteiger partial charge >= 0.3 is 0 Å². The maximum Gasteiger partial charge on any atom is 0.219 e. The van der Waals surface area contributed by atoms with Crippen molar-refractivity contribution in [1.82, 2.24) is 10.2 Å². The minimum atomic E-state index is 0.218.